The molecule has 0 spiro atoms. The van der Waals surface area contributed by atoms with E-state index in [-0.39, 0.29) is 15.6 Å². The Bertz CT molecular complexity index is 335. The number of hydrogen-bond donors (Lipinski definition) is 0. The smallest absolute Gasteiger partial charge is 0.320 e. The topological polar surface area (TPSA) is 26.3 Å². The molecule has 0 amide bonds. The Balaban J connectivity index is 2.80. The number of hydrogen-bond acceptors (Lipinski definition) is 2. The van der Waals surface area contributed by atoms with Gasteiger partial charge in [0, 0.05) is 0 Å². The van der Waals surface area contributed by atoms with E-state index >= 15 is 0 Å². The van der Waals surface area contributed by atoms with Crippen LogP contribution < -0.4 is 0 Å². The molecule has 0 radical (unpaired) electrons. The van der Waals surface area contributed by atoms with Crippen molar-refractivity contribution < 1.29 is 9.53 Å². The summed E-state index contributed by atoms with van der Waals surface area (Å²) in [6, 6.07) is 8.01. The molecule has 2 nitrogen and oxygen atoms in total. The minimum absolute atomic E-state index is 0.0782. The largest absolute Gasteiger partial charge is 0.468 e. The van der Waals surface area contributed by atoms with E-state index in [1.165, 1.54) is 12.7 Å². The number of carbonyl (C=O) groups is 1. The van der Waals surface area contributed by atoms with Gasteiger partial charge in [0.05, 0.1) is 11.9 Å². The molecule has 0 aliphatic heterocycles. The van der Waals surface area contributed by atoms with Gasteiger partial charge in [-0.3, -0.25) is 4.79 Å². The second-order valence-electron chi connectivity index (χ2n) is 3.24. The average Bonchev–Trinajstić information content (AvgIpc) is 2.27. The zero-order valence-electron chi connectivity index (χ0n) is 8.54. The van der Waals surface area contributed by atoms with Gasteiger partial charge in [0.2, 0.25) is 0 Å². The molecule has 0 saturated heterocycles. The maximum Gasteiger partial charge on any atom is 0.320 e. The number of halogens is 2. The first kappa shape index (κ1) is 12.7. The Kier molecular flexibility index (Phi) is 4.80. The normalized spacial score (nSPS) is 14.4. The Hall–Kier alpha value is -0.350. The van der Waals surface area contributed by atoms with E-state index < -0.39 is 0 Å². The van der Waals surface area contributed by atoms with Gasteiger partial charge in [0.15, 0.2) is 0 Å². The Labute approximate surface area is 106 Å². The van der Waals surface area contributed by atoms with Crippen LogP contribution in [0, 0.1) is 6.92 Å². The van der Waals surface area contributed by atoms with Crippen molar-refractivity contribution in [3.63, 3.8) is 0 Å². The van der Waals surface area contributed by atoms with Crippen LogP contribution in [0.2, 0.25) is 0 Å². The quantitative estimate of drug-likeness (QED) is 0.625. The molecule has 0 N–H and O–H groups in total. The van der Waals surface area contributed by atoms with Crippen LogP contribution in [0.4, 0.5) is 0 Å². The molecule has 2 unspecified atom stereocenters. The third-order valence-corrected chi connectivity index (χ3v) is 4.75. The van der Waals surface area contributed by atoms with Crippen LogP contribution >= 0.6 is 31.9 Å². The van der Waals surface area contributed by atoms with Gasteiger partial charge < -0.3 is 4.74 Å². The van der Waals surface area contributed by atoms with Crippen molar-refractivity contribution in [3.8, 4) is 0 Å². The first-order valence-electron chi connectivity index (χ1n) is 4.48. The number of carbonyl (C=O) groups excluding carboxylic acids is 1. The van der Waals surface area contributed by atoms with E-state index in [1.807, 2.05) is 31.2 Å². The van der Waals surface area contributed by atoms with Crippen LogP contribution in [0.15, 0.2) is 24.3 Å². The van der Waals surface area contributed by atoms with Crippen molar-refractivity contribution in [3.05, 3.63) is 35.4 Å². The first-order valence-corrected chi connectivity index (χ1v) is 6.32. The number of benzene rings is 1. The zero-order chi connectivity index (χ0) is 11.4. The maximum atomic E-state index is 11.3. The third-order valence-electron chi connectivity index (χ3n) is 2.08. The summed E-state index contributed by atoms with van der Waals surface area (Å²) in [5.41, 5.74) is 2.25. The zero-order valence-corrected chi connectivity index (χ0v) is 11.7. The van der Waals surface area contributed by atoms with E-state index in [1.54, 1.807) is 0 Å². The van der Waals surface area contributed by atoms with Gasteiger partial charge in [-0.1, -0.05) is 61.7 Å². The lowest BCUT2D eigenvalue weighted by Gasteiger charge is -2.15. The molecule has 2 atom stereocenters. The van der Waals surface area contributed by atoms with Gasteiger partial charge in [0.25, 0.3) is 0 Å². The summed E-state index contributed by atoms with van der Waals surface area (Å²) in [4.78, 5) is 10.8. The molecular formula is C11H12Br2O2. The van der Waals surface area contributed by atoms with Crippen molar-refractivity contribution in [2.75, 3.05) is 7.11 Å². The number of ether oxygens (including phenoxy) is 1. The Morgan fingerprint density at radius 1 is 1.27 bits per heavy atom. The fraction of sp³-hybridized carbons (Fsp3) is 0.364. The van der Waals surface area contributed by atoms with Crippen molar-refractivity contribution in [1.82, 2.24) is 0 Å². The molecule has 4 heteroatoms. The van der Waals surface area contributed by atoms with Crippen LogP contribution in [-0.2, 0) is 9.53 Å². The molecule has 0 aliphatic rings. The van der Waals surface area contributed by atoms with Gasteiger partial charge in [0.1, 0.15) is 4.83 Å². The van der Waals surface area contributed by atoms with E-state index in [0.29, 0.717) is 0 Å². The molecule has 0 aromatic heterocycles. The molecule has 0 saturated carbocycles. The lowest BCUT2D eigenvalue weighted by molar-refractivity contribution is -0.139. The Morgan fingerprint density at radius 2 is 1.80 bits per heavy atom. The molecule has 0 heterocycles. The molecule has 1 aromatic rings. The number of rotatable bonds is 3. The Morgan fingerprint density at radius 3 is 2.27 bits per heavy atom. The number of aryl methyl sites for hydroxylation is 1. The van der Waals surface area contributed by atoms with Gasteiger partial charge in [-0.2, -0.15) is 0 Å². The molecule has 1 aromatic carbocycles. The summed E-state index contributed by atoms with van der Waals surface area (Å²) >= 11 is 6.77. The third kappa shape index (κ3) is 3.31. The minimum Gasteiger partial charge on any atom is -0.468 e. The van der Waals surface area contributed by atoms with Crippen LogP contribution in [0.1, 0.15) is 16.0 Å². The van der Waals surface area contributed by atoms with Crippen molar-refractivity contribution in [1.29, 1.82) is 0 Å². The number of alkyl halides is 2. The van der Waals surface area contributed by atoms with Crippen molar-refractivity contribution >= 4 is 37.8 Å². The summed E-state index contributed by atoms with van der Waals surface area (Å²) in [7, 11) is 1.38. The molecule has 0 bridgehead atoms. The van der Waals surface area contributed by atoms with Gasteiger partial charge >= 0.3 is 5.97 Å². The molecular weight excluding hydrogens is 324 g/mol. The van der Waals surface area contributed by atoms with Crippen LogP contribution in [0.25, 0.3) is 0 Å². The first-order chi connectivity index (χ1) is 7.06. The van der Waals surface area contributed by atoms with Gasteiger partial charge in [-0.05, 0) is 12.5 Å². The van der Waals surface area contributed by atoms with Crippen molar-refractivity contribution in [2.45, 2.75) is 16.6 Å². The number of methoxy groups -OCH3 is 1. The lowest BCUT2D eigenvalue weighted by Crippen LogP contribution is -2.20. The fourth-order valence-electron chi connectivity index (χ4n) is 1.15. The molecule has 82 valence electrons. The molecule has 1 rings (SSSR count). The monoisotopic (exact) mass is 334 g/mol. The van der Waals surface area contributed by atoms with E-state index in [2.05, 4.69) is 36.6 Å². The highest BCUT2D eigenvalue weighted by molar-refractivity contribution is 9.12. The second-order valence-corrected chi connectivity index (χ2v) is 5.21. The lowest BCUT2D eigenvalue weighted by atomic mass is 10.1. The van der Waals surface area contributed by atoms with E-state index in [9.17, 15) is 4.79 Å². The standard InChI is InChI=1S/C11H12Br2O2/c1-7-3-5-8(6-4-7)9(12)10(13)11(14)15-2/h3-6,9-10H,1-2H3. The maximum absolute atomic E-state index is 11.3. The van der Waals surface area contributed by atoms with Gasteiger partial charge in [-0.25, -0.2) is 0 Å². The fourth-order valence-corrected chi connectivity index (χ4v) is 2.16. The van der Waals surface area contributed by atoms with Crippen LogP contribution in [0.3, 0.4) is 0 Å². The summed E-state index contributed by atoms with van der Waals surface area (Å²) < 4.78 is 4.66. The number of esters is 1. The highest BCUT2D eigenvalue weighted by Gasteiger charge is 2.25. The van der Waals surface area contributed by atoms with Crippen molar-refractivity contribution in [2.24, 2.45) is 0 Å². The summed E-state index contributed by atoms with van der Waals surface area (Å²) in [5.74, 6) is -0.280. The molecule has 0 fully saturated rings. The summed E-state index contributed by atoms with van der Waals surface area (Å²) in [5, 5.41) is 0. The highest BCUT2D eigenvalue weighted by Crippen LogP contribution is 2.31. The highest BCUT2D eigenvalue weighted by atomic mass is 79.9. The van der Waals surface area contributed by atoms with Gasteiger partial charge in [-0.15, -0.1) is 0 Å². The van der Waals surface area contributed by atoms with E-state index in [0.717, 1.165) is 5.56 Å². The van der Waals surface area contributed by atoms with E-state index in [4.69, 9.17) is 0 Å². The molecule has 15 heavy (non-hydrogen) atoms. The molecule has 0 aliphatic carbocycles. The minimum atomic E-state index is -0.370. The SMILES string of the molecule is COC(=O)C(Br)C(Br)c1ccc(C)cc1. The van der Waals surface area contributed by atoms with Crippen LogP contribution in [-0.4, -0.2) is 17.9 Å². The predicted molar refractivity (Wildman–Crippen MR) is 67.6 cm³/mol. The predicted octanol–water partition coefficient (Wildman–Crippen LogP) is 3.37. The summed E-state index contributed by atoms with van der Waals surface area (Å²) in [6.45, 7) is 2.03. The van der Waals surface area contributed by atoms with Crippen LogP contribution in [0.5, 0.6) is 0 Å². The summed E-state index contributed by atoms with van der Waals surface area (Å²) in [6.07, 6.45) is 0. The average molecular weight is 336 g/mol. The second kappa shape index (κ2) is 5.66.